The first-order valence-electron chi connectivity index (χ1n) is 14.9. The van der Waals surface area contributed by atoms with Crippen molar-refractivity contribution >= 4 is 30.0 Å². The van der Waals surface area contributed by atoms with Gasteiger partial charge in [0, 0.05) is 13.0 Å². The fourth-order valence-electron chi connectivity index (χ4n) is 3.69. The minimum atomic E-state index is -1.17. The highest BCUT2D eigenvalue weighted by atomic mass is 16.6. The molecule has 0 aliphatic rings. The number of hydrogen-bond donors (Lipinski definition) is 3. The zero-order valence-corrected chi connectivity index (χ0v) is 27.7. The molecule has 0 heterocycles. The van der Waals surface area contributed by atoms with Crippen LogP contribution in [0.3, 0.4) is 0 Å². The molecule has 0 spiro atoms. The predicted molar refractivity (Wildman–Crippen MR) is 164 cm³/mol. The number of esters is 3. The number of rotatable bonds is 14. The molecule has 0 saturated heterocycles. The minimum absolute atomic E-state index is 0.0691. The first-order chi connectivity index (χ1) is 20.2. The lowest BCUT2D eigenvalue weighted by molar-refractivity contribution is -0.159. The van der Waals surface area contributed by atoms with Gasteiger partial charge in [-0.15, -0.1) is 0 Å². The number of unbranched alkanes of at least 4 members (excludes halogenated alkanes) is 1. The monoisotopic (exact) mass is 621 g/mol. The molecule has 0 fully saturated rings. The predicted octanol–water partition coefficient (Wildman–Crippen LogP) is 4.92. The summed E-state index contributed by atoms with van der Waals surface area (Å²) in [6, 6.07) is 6.27. The summed E-state index contributed by atoms with van der Waals surface area (Å²) in [6.07, 6.45) is 0.391. The molecule has 1 aromatic rings. The topological polar surface area (TPSA) is 158 Å². The summed E-state index contributed by atoms with van der Waals surface area (Å²) in [7, 11) is 0. The Hall–Kier alpha value is -3.83. The molecule has 0 saturated carbocycles. The highest BCUT2D eigenvalue weighted by Gasteiger charge is 2.31. The Morgan fingerprint density at radius 1 is 0.682 bits per heavy atom. The Kier molecular flexibility index (Phi) is 15.2. The fourth-order valence-corrected chi connectivity index (χ4v) is 3.69. The van der Waals surface area contributed by atoms with E-state index in [9.17, 15) is 24.0 Å². The van der Waals surface area contributed by atoms with E-state index >= 15 is 0 Å². The third-order valence-electron chi connectivity index (χ3n) is 5.45. The summed E-state index contributed by atoms with van der Waals surface area (Å²) in [4.78, 5) is 63.1. The third-order valence-corrected chi connectivity index (χ3v) is 5.45. The lowest BCUT2D eigenvalue weighted by Crippen LogP contribution is -2.53. The Morgan fingerprint density at radius 3 is 1.68 bits per heavy atom. The van der Waals surface area contributed by atoms with Crippen LogP contribution >= 0.6 is 0 Å². The molecule has 1 rings (SSSR count). The molecule has 12 nitrogen and oxygen atoms in total. The van der Waals surface area contributed by atoms with Gasteiger partial charge in [0.1, 0.15) is 35.5 Å². The molecule has 12 heteroatoms. The van der Waals surface area contributed by atoms with Gasteiger partial charge in [0.05, 0.1) is 0 Å². The number of carbonyl (C=O) groups is 5. The zero-order valence-electron chi connectivity index (χ0n) is 27.7. The van der Waals surface area contributed by atoms with Crippen molar-refractivity contribution in [3.63, 3.8) is 0 Å². The molecule has 3 N–H and O–H groups in total. The molecule has 3 amide bonds. The van der Waals surface area contributed by atoms with Gasteiger partial charge in [0.15, 0.2) is 0 Å². The van der Waals surface area contributed by atoms with Gasteiger partial charge in [-0.25, -0.2) is 19.2 Å². The van der Waals surface area contributed by atoms with Crippen molar-refractivity contribution in [2.24, 2.45) is 0 Å². The maximum Gasteiger partial charge on any atom is 0.407 e. The van der Waals surface area contributed by atoms with Gasteiger partial charge in [-0.3, -0.25) is 4.79 Å². The van der Waals surface area contributed by atoms with Crippen molar-refractivity contribution in [3.05, 3.63) is 35.9 Å². The number of ether oxygens (including phenoxy) is 4. The number of hydrogen-bond acceptors (Lipinski definition) is 9. The molecular weight excluding hydrogens is 570 g/mol. The van der Waals surface area contributed by atoms with E-state index in [2.05, 4.69) is 16.0 Å². The second-order valence-electron chi connectivity index (χ2n) is 13.4. The van der Waals surface area contributed by atoms with Crippen LogP contribution in [-0.4, -0.2) is 65.5 Å². The van der Waals surface area contributed by atoms with E-state index in [1.54, 1.807) is 62.3 Å². The highest BCUT2D eigenvalue weighted by molar-refractivity contribution is 5.87. The first kappa shape index (κ1) is 38.2. The maximum absolute atomic E-state index is 13.0. The summed E-state index contributed by atoms with van der Waals surface area (Å²) < 4.78 is 21.4. The number of nitrogens with one attached hydrogen (secondary N) is 3. The first-order valence-corrected chi connectivity index (χ1v) is 14.9. The summed E-state index contributed by atoms with van der Waals surface area (Å²) in [5.74, 6) is -1.90. The SMILES string of the molecule is CC(C)(C)OC(=O)CC[C@H](NC(=O)N[C@H](CCCCNC(=O)OCc1ccccc1)C(=O)OC(C)(C)C)C(=O)OC(C)(C)C. The molecule has 0 aromatic heterocycles. The van der Waals surface area contributed by atoms with Gasteiger partial charge in [0.2, 0.25) is 0 Å². The van der Waals surface area contributed by atoms with Crippen LogP contribution in [0.2, 0.25) is 0 Å². The zero-order chi connectivity index (χ0) is 33.6. The smallest absolute Gasteiger partial charge is 0.407 e. The van der Waals surface area contributed by atoms with Crippen molar-refractivity contribution in [2.75, 3.05) is 6.54 Å². The van der Waals surface area contributed by atoms with Crippen LogP contribution in [0.5, 0.6) is 0 Å². The second-order valence-corrected chi connectivity index (χ2v) is 13.4. The second kappa shape index (κ2) is 17.5. The van der Waals surface area contributed by atoms with E-state index < -0.39 is 58.9 Å². The van der Waals surface area contributed by atoms with E-state index in [-0.39, 0.29) is 25.9 Å². The van der Waals surface area contributed by atoms with Gasteiger partial charge in [0.25, 0.3) is 0 Å². The van der Waals surface area contributed by atoms with Gasteiger partial charge < -0.3 is 34.9 Å². The van der Waals surface area contributed by atoms with Crippen LogP contribution in [0, 0.1) is 0 Å². The minimum Gasteiger partial charge on any atom is -0.460 e. The molecule has 1 aromatic carbocycles. The van der Waals surface area contributed by atoms with Crippen LogP contribution < -0.4 is 16.0 Å². The van der Waals surface area contributed by atoms with Crippen molar-refractivity contribution in [1.82, 2.24) is 16.0 Å². The molecular formula is C32H51N3O9. The summed E-state index contributed by atoms with van der Waals surface area (Å²) >= 11 is 0. The third kappa shape index (κ3) is 18.7. The summed E-state index contributed by atoms with van der Waals surface area (Å²) in [5.41, 5.74) is -1.47. The van der Waals surface area contributed by atoms with Crippen LogP contribution in [0.4, 0.5) is 9.59 Å². The Balaban J connectivity index is 2.77. The van der Waals surface area contributed by atoms with E-state index in [1.807, 2.05) is 30.3 Å². The van der Waals surface area contributed by atoms with Crippen LogP contribution in [0.1, 0.15) is 100.0 Å². The Labute approximate surface area is 261 Å². The maximum atomic E-state index is 13.0. The van der Waals surface area contributed by atoms with Crippen molar-refractivity contribution < 1.29 is 42.9 Å². The van der Waals surface area contributed by atoms with Gasteiger partial charge in [-0.1, -0.05) is 30.3 Å². The molecule has 44 heavy (non-hydrogen) atoms. The van der Waals surface area contributed by atoms with E-state index in [4.69, 9.17) is 18.9 Å². The van der Waals surface area contributed by atoms with Crippen molar-refractivity contribution in [3.8, 4) is 0 Å². The normalized spacial score (nSPS) is 13.1. The lowest BCUT2D eigenvalue weighted by Gasteiger charge is -2.27. The molecule has 0 radical (unpaired) electrons. The molecule has 248 valence electrons. The molecule has 0 aliphatic carbocycles. The van der Waals surface area contributed by atoms with E-state index in [0.717, 1.165) is 5.56 Å². The van der Waals surface area contributed by atoms with Gasteiger partial charge in [-0.2, -0.15) is 0 Å². The number of benzene rings is 1. The van der Waals surface area contributed by atoms with Crippen LogP contribution in [0.15, 0.2) is 30.3 Å². The van der Waals surface area contributed by atoms with Crippen LogP contribution in [-0.2, 0) is 39.9 Å². The standard InChI is InChI=1S/C32H51N3O9/c1-30(2,3)42-25(36)19-18-24(27(38)44-32(7,8)9)35-28(39)34-23(26(37)43-31(4,5)6)17-13-14-20-33-29(40)41-21-22-15-11-10-12-16-22/h10-12,15-16,23-24H,13-14,17-21H2,1-9H3,(H,33,40)(H2,34,35,39)/t23-,24+/m1/s1. The van der Waals surface area contributed by atoms with E-state index in [0.29, 0.717) is 19.4 Å². The molecule has 2 atom stereocenters. The molecule has 0 unspecified atom stereocenters. The molecule has 0 aliphatic heterocycles. The van der Waals surface area contributed by atoms with Crippen molar-refractivity contribution in [1.29, 1.82) is 0 Å². The fraction of sp³-hybridized carbons (Fsp3) is 0.656. The molecule has 0 bridgehead atoms. The summed E-state index contributed by atoms with van der Waals surface area (Å²) in [6.45, 7) is 15.8. The highest BCUT2D eigenvalue weighted by Crippen LogP contribution is 2.15. The average Bonchev–Trinajstić information content (AvgIpc) is 2.86. The van der Waals surface area contributed by atoms with Gasteiger partial charge >= 0.3 is 30.0 Å². The average molecular weight is 622 g/mol. The number of carbonyl (C=O) groups excluding carboxylic acids is 5. The largest absolute Gasteiger partial charge is 0.460 e. The van der Waals surface area contributed by atoms with Crippen molar-refractivity contribution in [2.45, 2.75) is 130 Å². The van der Waals surface area contributed by atoms with Gasteiger partial charge in [-0.05, 0) is 93.6 Å². The Morgan fingerprint density at radius 2 is 1.18 bits per heavy atom. The Bertz CT molecular complexity index is 1090. The van der Waals surface area contributed by atoms with Crippen LogP contribution in [0.25, 0.3) is 0 Å². The quantitative estimate of drug-likeness (QED) is 0.149. The van der Waals surface area contributed by atoms with E-state index in [1.165, 1.54) is 0 Å². The number of urea groups is 1. The number of alkyl carbamates (subject to hydrolysis) is 1. The lowest BCUT2D eigenvalue weighted by atomic mass is 10.1. The number of amides is 3. The summed E-state index contributed by atoms with van der Waals surface area (Å²) in [5, 5.41) is 7.79.